The van der Waals surface area contributed by atoms with E-state index in [1.807, 2.05) is 0 Å². The summed E-state index contributed by atoms with van der Waals surface area (Å²) in [4.78, 5) is 11.0. The first-order valence-corrected chi connectivity index (χ1v) is 5.45. The van der Waals surface area contributed by atoms with Crippen LogP contribution >= 0.6 is 0 Å². The summed E-state index contributed by atoms with van der Waals surface area (Å²) in [5.41, 5.74) is -0.370. The van der Waals surface area contributed by atoms with Crippen molar-refractivity contribution in [1.82, 2.24) is 0 Å². The third-order valence-corrected chi connectivity index (χ3v) is 1.72. The van der Waals surface area contributed by atoms with Crippen LogP contribution in [0.15, 0.2) is 12.2 Å². The van der Waals surface area contributed by atoms with E-state index in [0.717, 1.165) is 12.8 Å². The molecule has 0 saturated heterocycles. The lowest BCUT2D eigenvalue weighted by Crippen LogP contribution is -2.26. The molecule has 0 aliphatic rings. The van der Waals surface area contributed by atoms with Gasteiger partial charge in [-0.3, -0.25) is 0 Å². The standard InChI is InChI=1S/C12H22O4/c1-10(2)11(13)16-8-6-5-7-15-9-12(3,4)14/h14H,1,5-9H2,2-4H3. The van der Waals surface area contributed by atoms with Crippen molar-refractivity contribution in [3.63, 3.8) is 0 Å². The SMILES string of the molecule is C=C(C)C(=O)OCCCCOCC(C)(C)O. The molecule has 1 N–H and O–H groups in total. The van der Waals surface area contributed by atoms with Gasteiger partial charge in [-0.05, 0) is 33.6 Å². The van der Waals surface area contributed by atoms with Crippen molar-refractivity contribution in [2.75, 3.05) is 19.8 Å². The largest absolute Gasteiger partial charge is 0.462 e. The van der Waals surface area contributed by atoms with Crippen LogP contribution < -0.4 is 0 Å². The molecule has 0 aliphatic heterocycles. The molecule has 4 nitrogen and oxygen atoms in total. The van der Waals surface area contributed by atoms with Gasteiger partial charge in [-0.2, -0.15) is 0 Å². The third kappa shape index (κ3) is 9.68. The van der Waals surface area contributed by atoms with E-state index in [2.05, 4.69) is 6.58 Å². The molecule has 4 heteroatoms. The summed E-state index contributed by atoms with van der Waals surface area (Å²) in [5, 5.41) is 9.35. The molecule has 0 unspecified atom stereocenters. The number of esters is 1. The van der Waals surface area contributed by atoms with Crippen molar-refractivity contribution in [2.24, 2.45) is 0 Å². The molecule has 0 heterocycles. The van der Waals surface area contributed by atoms with Crippen LogP contribution in [0.25, 0.3) is 0 Å². The summed E-state index contributed by atoms with van der Waals surface area (Å²) in [6.07, 6.45) is 1.56. The Morgan fingerprint density at radius 3 is 2.38 bits per heavy atom. The molecule has 0 rings (SSSR count). The summed E-state index contributed by atoms with van der Waals surface area (Å²) in [7, 11) is 0. The average Bonchev–Trinajstić information content (AvgIpc) is 2.14. The van der Waals surface area contributed by atoms with Gasteiger partial charge in [-0.15, -0.1) is 0 Å². The molecule has 0 spiro atoms. The van der Waals surface area contributed by atoms with Gasteiger partial charge in [-0.1, -0.05) is 6.58 Å². The Balaban J connectivity index is 3.29. The molecule has 0 aromatic carbocycles. The van der Waals surface area contributed by atoms with Crippen molar-refractivity contribution in [3.8, 4) is 0 Å². The van der Waals surface area contributed by atoms with Crippen LogP contribution in [0.3, 0.4) is 0 Å². The second kappa shape index (κ2) is 7.41. The van der Waals surface area contributed by atoms with Gasteiger partial charge in [-0.25, -0.2) is 4.79 Å². The van der Waals surface area contributed by atoms with Crippen LogP contribution in [-0.4, -0.2) is 36.5 Å². The maximum atomic E-state index is 11.0. The first kappa shape index (κ1) is 15.1. The first-order chi connectivity index (χ1) is 7.33. The highest BCUT2D eigenvalue weighted by Gasteiger charge is 2.11. The number of ether oxygens (including phenoxy) is 2. The molecule has 0 amide bonds. The minimum atomic E-state index is -0.785. The van der Waals surface area contributed by atoms with E-state index < -0.39 is 5.60 Å². The highest BCUT2D eigenvalue weighted by Crippen LogP contribution is 2.02. The van der Waals surface area contributed by atoms with Gasteiger partial charge in [0.1, 0.15) is 0 Å². The molecule has 94 valence electrons. The molecule has 0 bridgehead atoms. The molecular weight excluding hydrogens is 208 g/mol. The Morgan fingerprint density at radius 2 is 1.88 bits per heavy atom. The van der Waals surface area contributed by atoms with Gasteiger partial charge in [0, 0.05) is 12.2 Å². The van der Waals surface area contributed by atoms with Crippen LogP contribution in [-0.2, 0) is 14.3 Å². The lowest BCUT2D eigenvalue weighted by molar-refractivity contribution is -0.139. The fourth-order valence-electron chi connectivity index (χ4n) is 0.916. The van der Waals surface area contributed by atoms with Crippen LogP contribution in [0.4, 0.5) is 0 Å². The lowest BCUT2D eigenvalue weighted by atomic mass is 10.2. The van der Waals surface area contributed by atoms with Gasteiger partial charge in [0.05, 0.1) is 18.8 Å². The van der Waals surface area contributed by atoms with Crippen molar-refractivity contribution in [1.29, 1.82) is 0 Å². The Labute approximate surface area is 97.2 Å². The molecule has 0 aliphatic carbocycles. The Morgan fingerprint density at radius 1 is 1.31 bits per heavy atom. The summed E-state index contributed by atoms with van der Waals surface area (Å²) in [6, 6.07) is 0. The van der Waals surface area contributed by atoms with Crippen molar-refractivity contribution >= 4 is 5.97 Å². The maximum Gasteiger partial charge on any atom is 0.333 e. The number of hydrogen-bond acceptors (Lipinski definition) is 4. The zero-order chi connectivity index (χ0) is 12.6. The zero-order valence-corrected chi connectivity index (χ0v) is 10.4. The Kier molecular flexibility index (Phi) is 7.01. The second-order valence-corrected chi connectivity index (χ2v) is 4.49. The number of aliphatic hydroxyl groups is 1. The monoisotopic (exact) mass is 230 g/mol. The Hall–Kier alpha value is -0.870. The van der Waals surface area contributed by atoms with Crippen molar-refractivity contribution in [2.45, 2.75) is 39.2 Å². The summed E-state index contributed by atoms with van der Waals surface area (Å²) in [6.45, 7) is 9.76. The third-order valence-electron chi connectivity index (χ3n) is 1.72. The molecule has 0 radical (unpaired) electrons. The molecule has 0 fully saturated rings. The molecule has 0 aromatic heterocycles. The number of hydrogen-bond donors (Lipinski definition) is 1. The second-order valence-electron chi connectivity index (χ2n) is 4.49. The van der Waals surface area contributed by atoms with E-state index >= 15 is 0 Å². The smallest absolute Gasteiger partial charge is 0.333 e. The van der Waals surface area contributed by atoms with Crippen LogP contribution in [0.5, 0.6) is 0 Å². The minimum Gasteiger partial charge on any atom is -0.462 e. The summed E-state index contributed by atoms with van der Waals surface area (Å²) < 4.78 is 10.2. The molecule has 16 heavy (non-hydrogen) atoms. The highest BCUT2D eigenvalue weighted by molar-refractivity contribution is 5.86. The summed E-state index contributed by atoms with van der Waals surface area (Å²) >= 11 is 0. The van der Waals surface area contributed by atoms with Crippen molar-refractivity contribution < 1.29 is 19.4 Å². The predicted octanol–water partition coefficient (Wildman–Crippen LogP) is 1.67. The lowest BCUT2D eigenvalue weighted by Gasteiger charge is -2.16. The number of rotatable bonds is 8. The molecule has 0 saturated carbocycles. The van der Waals surface area contributed by atoms with Crippen LogP contribution in [0.2, 0.25) is 0 Å². The van der Waals surface area contributed by atoms with Crippen LogP contribution in [0.1, 0.15) is 33.6 Å². The summed E-state index contributed by atoms with van der Waals surface area (Å²) in [5.74, 6) is -0.350. The molecular formula is C12H22O4. The van der Waals surface area contributed by atoms with Gasteiger partial charge in [0.2, 0.25) is 0 Å². The van der Waals surface area contributed by atoms with E-state index in [1.165, 1.54) is 0 Å². The molecule has 0 aromatic rings. The molecule has 0 atom stereocenters. The topological polar surface area (TPSA) is 55.8 Å². The normalized spacial score (nSPS) is 11.2. The van der Waals surface area contributed by atoms with E-state index in [9.17, 15) is 9.90 Å². The number of carbonyl (C=O) groups is 1. The van der Waals surface area contributed by atoms with E-state index in [-0.39, 0.29) is 5.97 Å². The Bertz CT molecular complexity index is 228. The van der Waals surface area contributed by atoms with Gasteiger partial charge < -0.3 is 14.6 Å². The fourth-order valence-corrected chi connectivity index (χ4v) is 0.916. The quantitative estimate of drug-likeness (QED) is 0.391. The highest BCUT2D eigenvalue weighted by atomic mass is 16.5. The maximum absolute atomic E-state index is 11.0. The fraction of sp³-hybridized carbons (Fsp3) is 0.750. The van der Waals surface area contributed by atoms with E-state index in [1.54, 1.807) is 20.8 Å². The average molecular weight is 230 g/mol. The van der Waals surface area contributed by atoms with E-state index in [0.29, 0.717) is 25.4 Å². The number of carbonyl (C=O) groups excluding carboxylic acids is 1. The van der Waals surface area contributed by atoms with Crippen LogP contribution in [0, 0.1) is 0 Å². The van der Waals surface area contributed by atoms with Gasteiger partial charge in [0.25, 0.3) is 0 Å². The van der Waals surface area contributed by atoms with Gasteiger partial charge in [0.15, 0.2) is 0 Å². The predicted molar refractivity (Wildman–Crippen MR) is 62.1 cm³/mol. The number of unbranched alkanes of at least 4 members (excludes halogenated alkanes) is 1. The van der Waals surface area contributed by atoms with Crippen molar-refractivity contribution in [3.05, 3.63) is 12.2 Å². The van der Waals surface area contributed by atoms with Gasteiger partial charge >= 0.3 is 5.97 Å². The first-order valence-electron chi connectivity index (χ1n) is 5.45. The minimum absolute atomic E-state index is 0.318. The van der Waals surface area contributed by atoms with E-state index in [4.69, 9.17) is 9.47 Å². The zero-order valence-electron chi connectivity index (χ0n) is 10.4.